The Balaban J connectivity index is 1.98. The molecule has 0 aromatic heterocycles. The van der Waals surface area contributed by atoms with Gasteiger partial charge >= 0.3 is 5.97 Å². The first kappa shape index (κ1) is 13.0. The number of carboxylic acid groups (broad SMARTS) is 1. The summed E-state index contributed by atoms with van der Waals surface area (Å²) < 4.78 is 0. The fourth-order valence-electron chi connectivity index (χ4n) is 1.98. The van der Waals surface area contributed by atoms with Crippen molar-refractivity contribution in [1.29, 1.82) is 0 Å². The van der Waals surface area contributed by atoms with E-state index in [2.05, 4.69) is 11.4 Å². The van der Waals surface area contributed by atoms with Gasteiger partial charge < -0.3 is 10.4 Å². The van der Waals surface area contributed by atoms with Crippen molar-refractivity contribution >= 4 is 23.6 Å². The second-order valence-corrected chi connectivity index (χ2v) is 5.33. The van der Waals surface area contributed by atoms with E-state index in [4.69, 9.17) is 5.11 Å². The lowest BCUT2D eigenvalue weighted by Crippen LogP contribution is -2.30. The molecule has 96 valence electrons. The molecule has 18 heavy (non-hydrogen) atoms. The standard InChI is InChI=1S/C13H15NO3S/c15-12(5-6-13(16)17)14-10-7-8-18-11-4-2-1-3-9(10)11/h1-4,10H,5-8H2,(H,14,15)(H,16,17). The van der Waals surface area contributed by atoms with Gasteiger partial charge in [-0.2, -0.15) is 0 Å². The average molecular weight is 265 g/mol. The molecule has 1 amide bonds. The highest BCUT2D eigenvalue weighted by Crippen LogP contribution is 2.35. The van der Waals surface area contributed by atoms with Gasteiger partial charge in [-0.05, 0) is 18.1 Å². The summed E-state index contributed by atoms with van der Waals surface area (Å²) in [5.74, 6) is -0.158. The van der Waals surface area contributed by atoms with Crippen LogP contribution in [0.15, 0.2) is 29.2 Å². The first-order valence-corrected chi connectivity index (χ1v) is 6.88. The number of aliphatic carboxylic acids is 1. The van der Waals surface area contributed by atoms with Crippen LogP contribution in [-0.4, -0.2) is 22.7 Å². The molecule has 2 N–H and O–H groups in total. The first-order valence-electron chi connectivity index (χ1n) is 5.89. The Morgan fingerprint density at radius 3 is 2.89 bits per heavy atom. The van der Waals surface area contributed by atoms with Crippen molar-refractivity contribution in [2.45, 2.75) is 30.2 Å². The smallest absolute Gasteiger partial charge is 0.303 e. The SMILES string of the molecule is O=C(O)CCC(=O)NC1CCSc2ccccc21. The van der Waals surface area contributed by atoms with Crippen molar-refractivity contribution < 1.29 is 14.7 Å². The summed E-state index contributed by atoms with van der Waals surface area (Å²) >= 11 is 1.79. The zero-order valence-electron chi connectivity index (χ0n) is 9.89. The highest BCUT2D eigenvalue weighted by atomic mass is 32.2. The van der Waals surface area contributed by atoms with E-state index >= 15 is 0 Å². The van der Waals surface area contributed by atoms with E-state index in [0.717, 1.165) is 17.7 Å². The van der Waals surface area contributed by atoms with Gasteiger partial charge in [0.1, 0.15) is 0 Å². The lowest BCUT2D eigenvalue weighted by molar-refractivity contribution is -0.138. The highest BCUT2D eigenvalue weighted by molar-refractivity contribution is 7.99. The van der Waals surface area contributed by atoms with Crippen molar-refractivity contribution in [3.8, 4) is 0 Å². The van der Waals surface area contributed by atoms with Crippen LogP contribution in [0.1, 0.15) is 30.9 Å². The molecule has 1 aromatic carbocycles. The minimum absolute atomic E-state index is 0.0174. The Kier molecular flexibility index (Phi) is 4.25. The normalized spacial score (nSPS) is 17.9. The maximum atomic E-state index is 11.6. The maximum Gasteiger partial charge on any atom is 0.303 e. The molecule has 0 saturated carbocycles. The van der Waals surface area contributed by atoms with E-state index in [1.807, 2.05) is 18.2 Å². The molecular formula is C13H15NO3S. The van der Waals surface area contributed by atoms with Crippen LogP contribution < -0.4 is 5.32 Å². The maximum absolute atomic E-state index is 11.6. The predicted octanol–water partition coefficient (Wildman–Crippen LogP) is 2.20. The van der Waals surface area contributed by atoms with E-state index in [9.17, 15) is 9.59 Å². The molecule has 0 spiro atoms. The summed E-state index contributed by atoms with van der Waals surface area (Å²) in [4.78, 5) is 23.3. The summed E-state index contributed by atoms with van der Waals surface area (Å²) in [6, 6.07) is 8.03. The van der Waals surface area contributed by atoms with E-state index < -0.39 is 5.97 Å². The van der Waals surface area contributed by atoms with Crippen LogP contribution in [-0.2, 0) is 9.59 Å². The van der Waals surface area contributed by atoms with Crippen molar-refractivity contribution in [3.63, 3.8) is 0 Å². The summed E-state index contributed by atoms with van der Waals surface area (Å²) in [5.41, 5.74) is 1.14. The monoisotopic (exact) mass is 265 g/mol. The predicted molar refractivity (Wildman–Crippen MR) is 69.5 cm³/mol. The number of thioether (sulfide) groups is 1. The average Bonchev–Trinajstić information content (AvgIpc) is 2.37. The van der Waals surface area contributed by atoms with Gasteiger partial charge in [0.15, 0.2) is 0 Å². The quantitative estimate of drug-likeness (QED) is 0.876. The van der Waals surface area contributed by atoms with Gasteiger partial charge in [0.05, 0.1) is 12.5 Å². The number of rotatable bonds is 4. The van der Waals surface area contributed by atoms with E-state index in [0.29, 0.717) is 0 Å². The molecule has 1 aromatic rings. The molecular weight excluding hydrogens is 250 g/mol. The molecule has 0 fully saturated rings. The van der Waals surface area contributed by atoms with Crippen molar-refractivity contribution in [3.05, 3.63) is 29.8 Å². The lowest BCUT2D eigenvalue weighted by atomic mass is 10.0. The number of hydrogen-bond donors (Lipinski definition) is 2. The number of carbonyl (C=O) groups excluding carboxylic acids is 1. The number of carboxylic acids is 1. The Morgan fingerprint density at radius 1 is 1.33 bits per heavy atom. The topological polar surface area (TPSA) is 66.4 Å². The van der Waals surface area contributed by atoms with Crippen LogP contribution in [0.3, 0.4) is 0 Å². The van der Waals surface area contributed by atoms with Crippen molar-refractivity contribution in [2.75, 3.05) is 5.75 Å². The lowest BCUT2D eigenvalue weighted by Gasteiger charge is -2.25. The third-order valence-electron chi connectivity index (χ3n) is 2.86. The molecule has 1 aliphatic heterocycles. The number of carbonyl (C=O) groups is 2. The minimum Gasteiger partial charge on any atom is -0.481 e. The molecule has 1 heterocycles. The second kappa shape index (κ2) is 5.91. The number of hydrogen-bond acceptors (Lipinski definition) is 3. The molecule has 0 saturated heterocycles. The fourth-order valence-corrected chi connectivity index (χ4v) is 3.10. The second-order valence-electron chi connectivity index (χ2n) is 4.19. The third-order valence-corrected chi connectivity index (χ3v) is 3.98. The fraction of sp³-hybridized carbons (Fsp3) is 0.385. The zero-order valence-corrected chi connectivity index (χ0v) is 10.7. The van der Waals surface area contributed by atoms with Crippen molar-refractivity contribution in [1.82, 2.24) is 5.32 Å². The molecule has 5 heteroatoms. The third kappa shape index (κ3) is 3.26. The van der Waals surface area contributed by atoms with Crippen LogP contribution in [0.4, 0.5) is 0 Å². The first-order chi connectivity index (χ1) is 8.66. The van der Waals surface area contributed by atoms with Crippen LogP contribution in [0, 0.1) is 0 Å². The van der Waals surface area contributed by atoms with Gasteiger partial charge in [-0.1, -0.05) is 18.2 Å². The molecule has 2 rings (SSSR count). The summed E-state index contributed by atoms with van der Waals surface area (Å²) in [6.45, 7) is 0. The van der Waals surface area contributed by atoms with E-state index in [-0.39, 0.29) is 24.8 Å². The van der Waals surface area contributed by atoms with E-state index in [1.165, 1.54) is 4.90 Å². The summed E-state index contributed by atoms with van der Waals surface area (Å²) in [6.07, 6.45) is 0.816. The molecule has 0 radical (unpaired) electrons. The van der Waals surface area contributed by atoms with Crippen molar-refractivity contribution in [2.24, 2.45) is 0 Å². The Labute approximate surface area is 110 Å². The van der Waals surface area contributed by atoms with Gasteiger partial charge in [0, 0.05) is 17.1 Å². The molecule has 4 nitrogen and oxygen atoms in total. The zero-order chi connectivity index (χ0) is 13.0. The molecule has 1 aliphatic rings. The molecule has 0 bridgehead atoms. The number of amides is 1. The molecule has 1 unspecified atom stereocenters. The van der Waals surface area contributed by atoms with Gasteiger partial charge in [-0.15, -0.1) is 11.8 Å². The summed E-state index contributed by atoms with van der Waals surface area (Å²) in [7, 11) is 0. The van der Waals surface area contributed by atoms with Crippen LogP contribution in [0.2, 0.25) is 0 Å². The van der Waals surface area contributed by atoms with Gasteiger partial charge in [0.2, 0.25) is 5.91 Å². The Hall–Kier alpha value is -1.49. The number of benzene rings is 1. The Bertz CT molecular complexity index is 461. The highest BCUT2D eigenvalue weighted by Gasteiger charge is 2.21. The minimum atomic E-state index is -0.940. The van der Waals surface area contributed by atoms with Gasteiger partial charge in [-0.3, -0.25) is 9.59 Å². The van der Waals surface area contributed by atoms with Gasteiger partial charge in [0.25, 0.3) is 0 Å². The number of nitrogens with one attached hydrogen (secondary N) is 1. The Morgan fingerprint density at radius 2 is 2.11 bits per heavy atom. The van der Waals surface area contributed by atoms with Crippen LogP contribution in [0.5, 0.6) is 0 Å². The van der Waals surface area contributed by atoms with Gasteiger partial charge in [-0.25, -0.2) is 0 Å². The van der Waals surface area contributed by atoms with E-state index in [1.54, 1.807) is 11.8 Å². The largest absolute Gasteiger partial charge is 0.481 e. The number of fused-ring (bicyclic) bond motifs is 1. The molecule has 0 aliphatic carbocycles. The molecule has 1 atom stereocenters. The summed E-state index contributed by atoms with van der Waals surface area (Å²) in [5, 5.41) is 11.5. The van der Waals surface area contributed by atoms with Crippen LogP contribution >= 0.6 is 11.8 Å². The van der Waals surface area contributed by atoms with Crippen LogP contribution in [0.25, 0.3) is 0 Å².